The number of halogens is 1. The number of methoxy groups -OCH3 is 1. The Kier molecular flexibility index (Phi) is 8.19. The summed E-state index contributed by atoms with van der Waals surface area (Å²) >= 11 is 6.01. The SMILES string of the molecule is COc1cc(N)c(Cl)cc1C(=O)NCCC1CCN(CCCC(=O)O)CC1. The van der Waals surface area contributed by atoms with Crippen LogP contribution in [0.3, 0.4) is 0 Å². The fourth-order valence-corrected chi connectivity index (χ4v) is 3.52. The van der Waals surface area contributed by atoms with Gasteiger partial charge in [-0.2, -0.15) is 0 Å². The third kappa shape index (κ3) is 6.59. The van der Waals surface area contributed by atoms with Gasteiger partial charge in [-0.3, -0.25) is 9.59 Å². The highest BCUT2D eigenvalue weighted by Gasteiger charge is 2.20. The summed E-state index contributed by atoms with van der Waals surface area (Å²) in [6, 6.07) is 3.08. The number of anilines is 1. The van der Waals surface area contributed by atoms with Crippen molar-refractivity contribution >= 4 is 29.2 Å². The van der Waals surface area contributed by atoms with Crippen LogP contribution in [0.5, 0.6) is 5.75 Å². The number of carbonyl (C=O) groups excluding carboxylic acids is 1. The van der Waals surface area contributed by atoms with Crippen molar-refractivity contribution < 1.29 is 19.4 Å². The number of nitrogens with zero attached hydrogens (tertiary/aromatic N) is 1. The van der Waals surface area contributed by atoms with Gasteiger partial charge in [0.15, 0.2) is 0 Å². The number of nitrogens with one attached hydrogen (secondary N) is 1. The predicted octanol–water partition coefficient (Wildman–Crippen LogP) is 2.63. The molecular formula is C19H28ClN3O4. The molecule has 1 aromatic carbocycles. The van der Waals surface area contributed by atoms with Crippen LogP contribution in [0.2, 0.25) is 5.02 Å². The van der Waals surface area contributed by atoms with Gasteiger partial charge in [0.25, 0.3) is 5.91 Å². The van der Waals surface area contributed by atoms with Gasteiger partial charge in [0.05, 0.1) is 23.4 Å². The number of rotatable bonds is 9. The van der Waals surface area contributed by atoms with Crippen LogP contribution >= 0.6 is 11.6 Å². The summed E-state index contributed by atoms with van der Waals surface area (Å²) < 4.78 is 5.22. The number of nitrogen functional groups attached to an aromatic ring is 1. The lowest BCUT2D eigenvalue weighted by Gasteiger charge is -2.31. The number of piperidine rings is 1. The summed E-state index contributed by atoms with van der Waals surface area (Å²) in [5, 5.41) is 12.0. The van der Waals surface area contributed by atoms with Gasteiger partial charge < -0.3 is 25.8 Å². The zero-order valence-electron chi connectivity index (χ0n) is 15.7. The number of benzene rings is 1. The molecule has 1 saturated heterocycles. The highest BCUT2D eigenvalue weighted by Crippen LogP contribution is 2.28. The molecule has 0 aliphatic carbocycles. The van der Waals surface area contributed by atoms with Crippen LogP contribution in [0.1, 0.15) is 42.5 Å². The fourth-order valence-electron chi connectivity index (χ4n) is 3.35. The van der Waals surface area contributed by atoms with Crippen molar-refractivity contribution in [3.05, 3.63) is 22.7 Å². The molecule has 1 aliphatic rings. The van der Waals surface area contributed by atoms with Crippen LogP contribution in [0.4, 0.5) is 5.69 Å². The van der Waals surface area contributed by atoms with Crippen molar-refractivity contribution in [2.75, 3.05) is 39.0 Å². The second-order valence-electron chi connectivity index (χ2n) is 6.90. The van der Waals surface area contributed by atoms with E-state index in [1.165, 1.54) is 13.2 Å². The van der Waals surface area contributed by atoms with Crippen LogP contribution in [-0.4, -0.2) is 55.2 Å². The minimum Gasteiger partial charge on any atom is -0.496 e. The molecule has 2 rings (SSSR count). The highest BCUT2D eigenvalue weighted by atomic mass is 35.5. The van der Waals surface area contributed by atoms with Gasteiger partial charge in [-0.1, -0.05) is 11.6 Å². The Morgan fingerprint density at radius 2 is 2.07 bits per heavy atom. The third-order valence-corrected chi connectivity index (χ3v) is 5.30. The van der Waals surface area contributed by atoms with Crippen molar-refractivity contribution in [1.82, 2.24) is 10.2 Å². The van der Waals surface area contributed by atoms with E-state index in [9.17, 15) is 9.59 Å². The lowest BCUT2D eigenvalue weighted by molar-refractivity contribution is -0.137. The highest BCUT2D eigenvalue weighted by molar-refractivity contribution is 6.33. The summed E-state index contributed by atoms with van der Waals surface area (Å²) in [6.45, 7) is 3.40. The van der Waals surface area contributed by atoms with Crippen LogP contribution in [0.25, 0.3) is 0 Å². The van der Waals surface area contributed by atoms with E-state index in [-0.39, 0.29) is 12.3 Å². The van der Waals surface area contributed by atoms with E-state index < -0.39 is 5.97 Å². The van der Waals surface area contributed by atoms with Crippen molar-refractivity contribution in [1.29, 1.82) is 0 Å². The van der Waals surface area contributed by atoms with Crippen LogP contribution < -0.4 is 15.8 Å². The molecular weight excluding hydrogens is 370 g/mol. The Morgan fingerprint density at radius 1 is 1.37 bits per heavy atom. The summed E-state index contributed by atoms with van der Waals surface area (Å²) in [5.74, 6) is 0.0153. The van der Waals surface area contributed by atoms with Crippen molar-refractivity contribution in [3.8, 4) is 5.75 Å². The molecule has 8 heteroatoms. The summed E-state index contributed by atoms with van der Waals surface area (Å²) in [7, 11) is 1.49. The molecule has 1 fully saturated rings. The molecule has 1 aromatic rings. The molecule has 1 amide bonds. The number of carboxylic acids is 1. The van der Waals surface area contributed by atoms with Gasteiger partial charge in [-0.05, 0) is 57.3 Å². The molecule has 1 aliphatic heterocycles. The fraction of sp³-hybridized carbons (Fsp3) is 0.579. The zero-order chi connectivity index (χ0) is 19.8. The number of amides is 1. The summed E-state index contributed by atoms with van der Waals surface area (Å²) in [6.07, 6.45) is 3.98. The molecule has 27 heavy (non-hydrogen) atoms. The van der Waals surface area contributed by atoms with E-state index in [2.05, 4.69) is 10.2 Å². The van der Waals surface area contributed by atoms with Crippen LogP contribution in [0.15, 0.2) is 12.1 Å². The summed E-state index contributed by atoms with van der Waals surface area (Å²) in [4.78, 5) is 25.3. The van der Waals surface area contributed by atoms with Gasteiger partial charge in [-0.25, -0.2) is 0 Å². The average molecular weight is 398 g/mol. The van der Waals surface area contributed by atoms with E-state index in [0.717, 1.165) is 38.9 Å². The Labute approximate surface area is 164 Å². The van der Waals surface area contributed by atoms with Crippen LogP contribution in [-0.2, 0) is 4.79 Å². The molecule has 1 heterocycles. The van der Waals surface area contributed by atoms with Crippen molar-refractivity contribution in [3.63, 3.8) is 0 Å². The maximum absolute atomic E-state index is 12.4. The van der Waals surface area contributed by atoms with Gasteiger partial charge in [-0.15, -0.1) is 0 Å². The number of ether oxygens (including phenoxy) is 1. The first-order valence-corrected chi connectivity index (χ1v) is 9.64. The number of aliphatic carboxylic acids is 1. The molecule has 7 nitrogen and oxygen atoms in total. The third-order valence-electron chi connectivity index (χ3n) is 4.97. The average Bonchev–Trinajstić information content (AvgIpc) is 2.64. The second-order valence-corrected chi connectivity index (χ2v) is 7.31. The maximum atomic E-state index is 12.4. The monoisotopic (exact) mass is 397 g/mol. The Bertz CT molecular complexity index is 661. The Hall–Kier alpha value is -1.99. The quantitative estimate of drug-likeness (QED) is 0.553. The second kappa shape index (κ2) is 10.4. The Balaban J connectivity index is 1.72. The first-order chi connectivity index (χ1) is 12.9. The standard InChI is InChI=1S/C19H28ClN3O4/c1-27-17-12-16(21)15(20)11-14(17)19(26)22-7-4-13-5-9-23(10-6-13)8-2-3-18(24)25/h11-13H,2-10,21H2,1H3,(H,22,26)(H,24,25). The normalized spacial score (nSPS) is 15.5. The number of carboxylic acid groups (broad SMARTS) is 1. The van der Waals surface area contributed by atoms with Gasteiger partial charge in [0.1, 0.15) is 5.75 Å². The molecule has 0 bridgehead atoms. The van der Waals surface area contributed by atoms with E-state index in [4.69, 9.17) is 27.2 Å². The molecule has 0 radical (unpaired) electrons. The smallest absolute Gasteiger partial charge is 0.303 e. The number of hydrogen-bond donors (Lipinski definition) is 3. The Morgan fingerprint density at radius 3 is 2.70 bits per heavy atom. The largest absolute Gasteiger partial charge is 0.496 e. The predicted molar refractivity (Wildman–Crippen MR) is 105 cm³/mol. The molecule has 4 N–H and O–H groups in total. The molecule has 0 saturated carbocycles. The first-order valence-electron chi connectivity index (χ1n) is 9.26. The lowest BCUT2D eigenvalue weighted by Crippen LogP contribution is -2.36. The molecule has 150 valence electrons. The summed E-state index contributed by atoms with van der Waals surface area (Å²) in [5.41, 5.74) is 6.50. The number of carbonyl (C=O) groups is 2. The van der Waals surface area contributed by atoms with Crippen molar-refractivity contribution in [2.24, 2.45) is 5.92 Å². The number of likely N-dealkylation sites (tertiary alicyclic amines) is 1. The molecule has 0 atom stereocenters. The van der Waals surface area contributed by atoms with Crippen molar-refractivity contribution in [2.45, 2.75) is 32.1 Å². The minimum absolute atomic E-state index is 0.222. The van der Waals surface area contributed by atoms with E-state index in [1.807, 2.05) is 0 Å². The first kappa shape index (κ1) is 21.3. The topological polar surface area (TPSA) is 105 Å². The van der Waals surface area contributed by atoms with Gasteiger partial charge in [0, 0.05) is 19.0 Å². The lowest BCUT2D eigenvalue weighted by atomic mass is 9.93. The van der Waals surface area contributed by atoms with Crippen LogP contribution in [0, 0.1) is 5.92 Å². The van der Waals surface area contributed by atoms with E-state index >= 15 is 0 Å². The number of nitrogens with two attached hydrogens (primary N) is 1. The molecule has 0 spiro atoms. The van der Waals surface area contributed by atoms with Gasteiger partial charge in [0.2, 0.25) is 0 Å². The zero-order valence-corrected chi connectivity index (χ0v) is 16.4. The maximum Gasteiger partial charge on any atom is 0.303 e. The van der Waals surface area contributed by atoms with E-state index in [0.29, 0.717) is 40.9 Å². The van der Waals surface area contributed by atoms with Gasteiger partial charge >= 0.3 is 5.97 Å². The molecule has 0 aromatic heterocycles. The molecule has 0 unspecified atom stereocenters. The minimum atomic E-state index is -0.736. The van der Waals surface area contributed by atoms with E-state index in [1.54, 1.807) is 6.07 Å². The number of hydrogen-bond acceptors (Lipinski definition) is 5.